The molecule has 0 unspecified atom stereocenters. The highest BCUT2D eigenvalue weighted by molar-refractivity contribution is 5.73. The van der Waals surface area contributed by atoms with Crippen LogP contribution in [0.3, 0.4) is 0 Å². The molecule has 0 aliphatic heterocycles. The van der Waals surface area contributed by atoms with Gasteiger partial charge in [-0.3, -0.25) is 4.79 Å². The Hall–Kier alpha value is -2.17. The molecule has 0 aliphatic carbocycles. The van der Waals surface area contributed by atoms with Crippen LogP contribution in [0.15, 0.2) is 24.3 Å². The molecule has 1 aromatic carbocycles. The van der Waals surface area contributed by atoms with Crippen LogP contribution < -0.4 is 4.74 Å². The molecule has 0 amide bonds. The smallest absolute Gasteiger partial charge is 0.172 e. The minimum atomic E-state index is 0.138. The van der Waals surface area contributed by atoms with E-state index in [1.54, 1.807) is 4.68 Å². The highest BCUT2D eigenvalue weighted by Gasteiger charge is 2.13. The van der Waals surface area contributed by atoms with E-state index in [9.17, 15) is 4.79 Å². The first kappa shape index (κ1) is 17.2. The molecule has 0 radical (unpaired) electrons. The Morgan fingerprint density at radius 3 is 2.48 bits per heavy atom. The second-order valence-corrected chi connectivity index (χ2v) is 6.64. The summed E-state index contributed by atoms with van der Waals surface area (Å²) in [7, 11) is 0. The lowest BCUT2D eigenvalue weighted by Gasteiger charge is -2.19. The molecule has 0 bridgehead atoms. The van der Waals surface area contributed by atoms with Crippen LogP contribution >= 0.6 is 0 Å². The summed E-state index contributed by atoms with van der Waals surface area (Å²) in [5.74, 6) is 0.839. The average molecular weight is 315 g/mol. The lowest BCUT2D eigenvalue weighted by atomic mass is 9.87. The molecule has 2 rings (SSSR count). The van der Waals surface area contributed by atoms with Crippen molar-refractivity contribution in [2.24, 2.45) is 0 Å². The van der Waals surface area contributed by atoms with Crippen molar-refractivity contribution in [1.82, 2.24) is 15.0 Å². The van der Waals surface area contributed by atoms with Crippen LogP contribution in [0.5, 0.6) is 5.75 Å². The van der Waals surface area contributed by atoms with Crippen molar-refractivity contribution >= 4 is 6.29 Å². The molecule has 0 N–H and O–H groups in total. The number of aromatic nitrogens is 3. The fourth-order valence-electron chi connectivity index (χ4n) is 2.41. The zero-order chi connectivity index (χ0) is 16.9. The summed E-state index contributed by atoms with van der Waals surface area (Å²) in [5.41, 5.74) is 2.73. The lowest BCUT2D eigenvalue weighted by Crippen LogP contribution is -2.13. The van der Waals surface area contributed by atoms with E-state index in [2.05, 4.69) is 50.1 Å². The number of ether oxygens (including phenoxy) is 1. The third kappa shape index (κ3) is 4.41. The van der Waals surface area contributed by atoms with Gasteiger partial charge in [0.25, 0.3) is 0 Å². The van der Waals surface area contributed by atoms with E-state index in [1.807, 2.05) is 12.1 Å². The van der Waals surface area contributed by atoms with Gasteiger partial charge >= 0.3 is 0 Å². The van der Waals surface area contributed by atoms with E-state index in [1.165, 1.54) is 5.56 Å². The van der Waals surface area contributed by atoms with Crippen LogP contribution in [0.1, 0.15) is 55.9 Å². The van der Waals surface area contributed by atoms with Crippen LogP contribution in [0.25, 0.3) is 0 Å². The molecule has 0 atom stereocenters. The highest BCUT2D eigenvalue weighted by atomic mass is 16.5. The standard InChI is InChI=1S/C18H25N3O2/c1-5-6-17-16(13-22)19-20-21(17)11-12-23-15-9-7-14(8-10-15)18(2,3)4/h7-10,13H,5-6,11-12H2,1-4H3. The number of hydrogen-bond donors (Lipinski definition) is 0. The fraction of sp³-hybridized carbons (Fsp3) is 0.500. The number of hydrogen-bond acceptors (Lipinski definition) is 4. The third-order valence-corrected chi connectivity index (χ3v) is 3.76. The second kappa shape index (κ2) is 7.40. The SMILES string of the molecule is CCCc1c(C=O)nnn1CCOc1ccc(C(C)(C)C)cc1. The first-order valence-corrected chi connectivity index (χ1v) is 8.06. The molecular weight excluding hydrogens is 290 g/mol. The zero-order valence-corrected chi connectivity index (χ0v) is 14.4. The number of carbonyl (C=O) groups excluding carboxylic acids is 1. The second-order valence-electron chi connectivity index (χ2n) is 6.64. The Kier molecular flexibility index (Phi) is 5.53. The van der Waals surface area contributed by atoms with Gasteiger partial charge in [0, 0.05) is 0 Å². The van der Waals surface area contributed by atoms with Gasteiger partial charge in [-0.25, -0.2) is 4.68 Å². The van der Waals surface area contributed by atoms with Crippen LogP contribution in [-0.2, 0) is 18.4 Å². The molecule has 0 fully saturated rings. The largest absolute Gasteiger partial charge is 0.492 e. The van der Waals surface area contributed by atoms with Gasteiger partial charge in [0.15, 0.2) is 6.29 Å². The van der Waals surface area contributed by atoms with Gasteiger partial charge in [-0.05, 0) is 29.5 Å². The van der Waals surface area contributed by atoms with Crippen molar-refractivity contribution in [3.8, 4) is 5.75 Å². The van der Waals surface area contributed by atoms with Crippen molar-refractivity contribution in [3.05, 3.63) is 41.2 Å². The molecule has 1 aromatic heterocycles. The van der Waals surface area contributed by atoms with Crippen molar-refractivity contribution < 1.29 is 9.53 Å². The number of carbonyl (C=O) groups is 1. The Morgan fingerprint density at radius 2 is 1.91 bits per heavy atom. The molecule has 124 valence electrons. The maximum Gasteiger partial charge on any atom is 0.172 e. The topological polar surface area (TPSA) is 57.0 Å². The number of benzene rings is 1. The van der Waals surface area contributed by atoms with E-state index < -0.39 is 0 Å². The molecule has 23 heavy (non-hydrogen) atoms. The predicted octanol–water partition coefficient (Wildman–Crippen LogP) is 3.42. The molecule has 0 saturated heterocycles. The Morgan fingerprint density at radius 1 is 1.22 bits per heavy atom. The van der Waals surface area contributed by atoms with Crippen LogP contribution in [-0.4, -0.2) is 27.9 Å². The summed E-state index contributed by atoms with van der Waals surface area (Å²) in [6, 6.07) is 8.17. The van der Waals surface area contributed by atoms with Crippen molar-refractivity contribution in [2.75, 3.05) is 6.61 Å². The van der Waals surface area contributed by atoms with Gasteiger partial charge in [0.2, 0.25) is 0 Å². The van der Waals surface area contributed by atoms with E-state index >= 15 is 0 Å². The van der Waals surface area contributed by atoms with Gasteiger partial charge in [0.05, 0.1) is 12.2 Å². The van der Waals surface area contributed by atoms with Crippen LogP contribution in [0, 0.1) is 0 Å². The summed E-state index contributed by atoms with van der Waals surface area (Å²) in [6.07, 6.45) is 2.51. The molecular formula is C18H25N3O2. The zero-order valence-electron chi connectivity index (χ0n) is 14.4. The van der Waals surface area contributed by atoms with Gasteiger partial charge in [-0.2, -0.15) is 0 Å². The van der Waals surface area contributed by atoms with Crippen molar-refractivity contribution in [3.63, 3.8) is 0 Å². The third-order valence-electron chi connectivity index (χ3n) is 3.76. The van der Waals surface area contributed by atoms with Gasteiger partial charge < -0.3 is 4.74 Å². The molecule has 5 heteroatoms. The van der Waals surface area contributed by atoms with Gasteiger partial charge in [-0.1, -0.05) is 51.5 Å². The van der Waals surface area contributed by atoms with Gasteiger partial charge in [0.1, 0.15) is 18.1 Å². The van der Waals surface area contributed by atoms with E-state index in [0.29, 0.717) is 18.8 Å². The van der Waals surface area contributed by atoms with Crippen molar-refractivity contribution in [2.45, 2.75) is 52.5 Å². The normalized spacial score (nSPS) is 11.5. The maximum absolute atomic E-state index is 11.0. The minimum absolute atomic E-state index is 0.138. The molecule has 2 aromatic rings. The lowest BCUT2D eigenvalue weighted by molar-refractivity contribution is 0.111. The van der Waals surface area contributed by atoms with Gasteiger partial charge in [-0.15, -0.1) is 5.10 Å². The minimum Gasteiger partial charge on any atom is -0.492 e. The van der Waals surface area contributed by atoms with Crippen LogP contribution in [0.2, 0.25) is 0 Å². The Labute approximate surface area is 137 Å². The molecule has 5 nitrogen and oxygen atoms in total. The predicted molar refractivity (Wildman–Crippen MR) is 90.0 cm³/mol. The van der Waals surface area contributed by atoms with E-state index in [4.69, 9.17) is 4.74 Å². The first-order valence-electron chi connectivity index (χ1n) is 8.06. The Bertz CT molecular complexity index is 639. The highest BCUT2D eigenvalue weighted by Crippen LogP contribution is 2.24. The summed E-state index contributed by atoms with van der Waals surface area (Å²) < 4.78 is 7.54. The molecule has 0 saturated carbocycles. The summed E-state index contributed by atoms with van der Waals surface area (Å²) in [5, 5.41) is 7.95. The first-order chi connectivity index (χ1) is 11.0. The summed E-state index contributed by atoms with van der Waals surface area (Å²) >= 11 is 0. The summed E-state index contributed by atoms with van der Waals surface area (Å²) in [6.45, 7) is 9.71. The Balaban J connectivity index is 1.95. The average Bonchev–Trinajstić information content (AvgIpc) is 2.90. The van der Waals surface area contributed by atoms with E-state index in [-0.39, 0.29) is 5.41 Å². The van der Waals surface area contributed by atoms with Crippen LogP contribution in [0.4, 0.5) is 0 Å². The fourth-order valence-corrected chi connectivity index (χ4v) is 2.41. The monoisotopic (exact) mass is 315 g/mol. The molecule has 0 spiro atoms. The molecule has 0 aliphatic rings. The van der Waals surface area contributed by atoms with Crippen molar-refractivity contribution in [1.29, 1.82) is 0 Å². The number of nitrogens with zero attached hydrogens (tertiary/aromatic N) is 3. The molecule has 1 heterocycles. The summed E-state index contributed by atoms with van der Waals surface area (Å²) in [4.78, 5) is 11.0. The number of aldehydes is 1. The maximum atomic E-state index is 11.0. The quantitative estimate of drug-likeness (QED) is 0.735. The van der Waals surface area contributed by atoms with E-state index in [0.717, 1.165) is 30.6 Å². The number of rotatable bonds is 7.